The van der Waals surface area contributed by atoms with Crippen LogP contribution in [0.4, 0.5) is 0 Å². The van der Waals surface area contributed by atoms with Gasteiger partial charge in [-0.15, -0.1) is 0 Å². The molecule has 0 aliphatic carbocycles. The van der Waals surface area contributed by atoms with Gasteiger partial charge in [-0.25, -0.2) is 4.72 Å². The average molecular weight is 291 g/mol. The molecule has 1 fully saturated rings. The van der Waals surface area contributed by atoms with E-state index < -0.39 is 10.2 Å². The van der Waals surface area contributed by atoms with Crippen LogP contribution in [-0.4, -0.2) is 45.4 Å². The molecule has 0 aromatic rings. The van der Waals surface area contributed by atoms with Crippen molar-refractivity contribution in [1.82, 2.24) is 14.3 Å². The van der Waals surface area contributed by atoms with Crippen LogP contribution in [0.25, 0.3) is 0 Å². The summed E-state index contributed by atoms with van der Waals surface area (Å²) in [7, 11) is -3.27. The molecule has 0 saturated carbocycles. The summed E-state index contributed by atoms with van der Waals surface area (Å²) in [4.78, 5) is 0. The lowest BCUT2D eigenvalue weighted by atomic mass is 10.00. The highest BCUT2D eigenvalue weighted by Gasteiger charge is 2.28. The van der Waals surface area contributed by atoms with Crippen molar-refractivity contribution in [3.8, 4) is 0 Å². The van der Waals surface area contributed by atoms with Crippen LogP contribution in [-0.2, 0) is 10.2 Å². The second kappa shape index (κ2) is 8.89. The molecule has 6 heteroatoms. The SMILES string of the molecule is CCCCCNS(=O)(=O)N1CCCC(CNCC)C1. The van der Waals surface area contributed by atoms with E-state index in [1.165, 1.54) is 0 Å². The van der Waals surface area contributed by atoms with Gasteiger partial charge in [-0.05, 0) is 38.3 Å². The van der Waals surface area contributed by atoms with Gasteiger partial charge < -0.3 is 5.32 Å². The molecule has 5 nitrogen and oxygen atoms in total. The maximum Gasteiger partial charge on any atom is 0.279 e. The van der Waals surface area contributed by atoms with Gasteiger partial charge in [0.15, 0.2) is 0 Å². The number of hydrogen-bond acceptors (Lipinski definition) is 3. The van der Waals surface area contributed by atoms with Crippen LogP contribution < -0.4 is 10.0 Å². The molecule has 114 valence electrons. The number of nitrogens with one attached hydrogen (secondary N) is 2. The van der Waals surface area contributed by atoms with Crippen molar-refractivity contribution in [1.29, 1.82) is 0 Å². The number of unbranched alkanes of at least 4 members (excludes halogenated alkanes) is 2. The second-order valence-electron chi connectivity index (χ2n) is 5.28. The molecule has 1 aliphatic rings. The largest absolute Gasteiger partial charge is 0.317 e. The van der Waals surface area contributed by atoms with E-state index in [1.807, 2.05) is 0 Å². The van der Waals surface area contributed by atoms with Gasteiger partial charge in [-0.3, -0.25) is 0 Å². The van der Waals surface area contributed by atoms with E-state index in [-0.39, 0.29) is 0 Å². The van der Waals surface area contributed by atoms with Crippen LogP contribution in [0, 0.1) is 5.92 Å². The third kappa shape index (κ3) is 6.21. The summed E-state index contributed by atoms with van der Waals surface area (Å²) in [6.45, 7) is 7.92. The zero-order chi connectivity index (χ0) is 14.1. The minimum absolute atomic E-state index is 0.445. The van der Waals surface area contributed by atoms with E-state index in [9.17, 15) is 8.42 Å². The Morgan fingerprint density at radius 1 is 1.26 bits per heavy atom. The van der Waals surface area contributed by atoms with E-state index in [0.717, 1.165) is 45.2 Å². The quantitative estimate of drug-likeness (QED) is 0.630. The molecule has 0 bridgehead atoms. The minimum Gasteiger partial charge on any atom is -0.317 e. The van der Waals surface area contributed by atoms with Crippen molar-refractivity contribution < 1.29 is 8.42 Å². The topological polar surface area (TPSA) is 61.4 Å². The van der Waals surface area contributed by atoms with Crippen molar-refractivity contribution in [2.75, 3.05) is 32.7 Å². The van der Waals surface area contributed by atoms with Crippen LogP contribution >= 0.6 is 0 Å². The number of hydrogen-bond donors (Lipinski definition) is 2. The fraction of sp³-hybridized carbons (Fsp3) is 1.00. The minimum atomic E-state index is -3.27. The van der Waals surface area contributed by atoms with Gasteiger partial charge >= 0.3 is 0 Å². The standard InChI is InChI=1S/C13H29N3O2S/c1-3-5-6-9-15-19(17,18)16-10-7-8-13(12-16)11-14-4-2/h13-15H,3-12H2,1-2H3. The third-order valence-corrected chi connectivity index (χ3v) is 5.15. The summed E-state index contributed by atoms with van der Waals surface area (Å²) in [5, 5.41) is 3.31. The van der Waals surface area contributed by atoms with Crippen LogP contribution in [0.3, 0.4) is 0 Å². The van der Waals surface area contributed by atoms with Crippen LogP contribution in [0.1, 0.15) is 46.0 Å². The normalized spacial score (nSPS) is 21.7. The first-order valence-electron chi connectivity index (χ1n) is 7.55. The van der Waals surface area contributed by atoms with Crippen molar-refractivity contribution in [3.63, 3.8) is 0 Å². The molecule has 1 aliphatic heterocycles. The molecule has 2 N–H and O–H groups in total. The Balaban J connectivity index is 2.39. The highest BCUT2D eigenvalue weighted by atomic mass is 32.2. The molecule has 1 saturated heterocycles. The van der Waals surface area contributed by atoms with E-state index in [4.69, 9.17) is 0 Å². The Labute approximate surface area is 118 Å². The third-order valence-electron chi connectivity index (χ3n) is 3.57. The first kappa shape index (κ1) is 16.9. The van der Waals surface area contributed by atoms with Crippen molar-refractivity contribution >= 4 is 10.2 Å². The lowest BCUT2D eigenvalue weighted by Gasteiger charge is -2.32. The molecule has 0 amide bonds. The lowest BCUT2D eigenvalue weighted by Crippen LogP contribution is -2.47. The van der Waals surface area contributed by atoms with Crippen LogP contribution in [0.2, 0.25) is 0 Å². The highest BCUT2D eigenvalue weighted by molar-refractivity contribution is 7.87. The number of rotatable bonds is 9. The molecule has 0 spiro atoms. The Hall–Kier alpha value is -0.170. The van der Waals surface area contributed by atoms with Gasteiger partial charge in [0, 0.05) is 19.6 Å². The average Bonchev–Trinajstić information content (AvgIpc) is 2.42. The van der Waals surface area contributed by atoms with Crippen molar-refractivity contribution in [2.24, 2.45) is 5.92 Å². The van der Waals surface area contributed by atoms with Gasteiger partial charge in [-0.1, -0.05) is 26.7 Å². The Kier molecular flexibility index (Phi) is 7.90. The van der Waals surface area contributed by atoms with E-state index in [2.05, 4.69) is 23.9 Å². The van der Waals surface area contributed by atoms with Gasteiger partial charge in [-0.2, -0.15) is 12.7 Å². The first-order valence-corrected chi connectivity index (χ1v) is 8.99. The molecule has 19 heavy (non-hydrogen) atoms. The molecule has 0 aromatic heterocycles. The molecular weight excluding hydrogens is 262 g/mol. The van der Waals surface area contributed by atoms with E-state index in [1.54, 1.807) is 4.31 Å². The zero-order valence-corrected chi connectivity index (χ0v) is 13.1. The maximum absolute atomic E-state index is 12.2. The fourth-order valence-electron chi connectivity index (χ4n) is 2.43. The summed E-state index contributed by atoms with van der Waals surface area (Å²) in [6, 6.07) is 0. The summed E-state index contributed by atoms with van der Waals surface area (Å²) in [6.07, 6.45) is 5.19. The number of piperidine rings is 1. The first-order chi connectivity index (χ1) is 9.10. The molecule has 1 atom stereocenters. The summed E-state index contributed by atoms with van der Waals surface area (Å²) in [5.41, 5.74) is 0. The van der Waals surface area contributed by atoms with Crippen molar-refractivity contribution in [3.05, 3.63) is 0 Å². The molecule has 0 radical (unpaired) electrons. The van der Waals surface area contributed by atoms with Crippen molar-refractivity contribution in [2.45, 2.75) is 46.0 Å². The maximum atomic E-state index is 12.2. The molecule has 1 rings (SSSR count). The van der Waals surface area contributed by atoms with Gasteiger partial charge in [0.1, 0.15) is 0 Å². The van der Waals surface area contributed by atoms with E-state index in [0.29, 0.717) is 25.6 Å². The highest BCUT2D eigenvalue weighted by Crippen LogP contribution is 2.17. The zero-order valence-electron chi connectivity index (χ0n) is 12.3. The fourth-order valence-corrected chi connectivity index (χ4v) is 3.79. The smallest absolute Gasteiger partial charge is 0.279 e. The second-order valence-corrected chi connectivity index (χ2v) is 7.04. The lowest BCUT2D eigenvalue weighted by molar-refractivity contribution is 0.258. The van der Waals surface area contributed by atoms with Crippen LogP contribution in [0.15, 0.2) is 0 Å². The summed E-state index contributed by atoms with van der Waals surface area (Å²) < 4.78 is 28.7. The Bertz CT molecular complexity index is 333. The van der Waals surface area contributed by atoms with Gasteiger partial charge in [0.25, 0.3) is 10.2 Å². The molecule has 1 heterocycles. The molecule has 0 aromatic carbocycles. The van der Waals surface area contributed by atoms with Crippen LogP contribution in [0.5, 0.6) is 0 Å². The Morgan fingerprint density at radius 2 is 2.05 bits per heavy atom. The predicted molar refractivity (Wildman–Crippen MR) is 79.3 cm³/mol. The predicted octanol–water partition coefficient (Wildman–Crippen LogP) is 1.33. The summed E-state index contributed by atoms with van der Waals surface area (Å²) in [5.74, 6) is 0.445. The molecular formula is C13H29N3O2S. The van der Waals surface area contributed by atoms with E-state index >= 15 is 0 Å². The summed E-state index contributed by atoms with van der Waals surface area (Å²) >= 11 is 0. The van der Waals surface area contributed by atoms with Gasteiger partial charge in [0.2, 0.25) is 0 Å². The molecule has 1 unspecified atom stereocenters. The monoisotopic (exact) mass is 291 g/mol. The Morgan fingerprint density at radius 3 is 2.74 bits per heavy atom. The number of nitrogens with zero attached hydrogens (tertiary/aromatic N) is 1. The van der Waals surface area contributed by atoms with Gasteiger partial charge in [0.05, 0.1) is 0 Å².